The van der Waals surface area contributed by atoms with Crippen LogP contribution >= 0.6 is 0 Å². The summed E-state index contributed by atoms with van der Waals surface area (Å²) < 4.78 is 22.1. The first-order valence-corrected chi connectivity index (χ1v) is 10.2. The Kier molecular flexibility index (Phi) is 6.26. The molecule has 0 aliphatic carbocycles. The molecule has 1 aliphatic heterocycles. The molecule has 0 amide bonds. The molecule has 5 heteroatoms. The minimum atomic E-state index is -0.394. The van der Waals surface area contributed by atoms with Crippen LogP contribution in [0.2, 0.25) is 0 Å². The Hall–Kier alpha value is -3.99. The minimum absolute atomic E-state index is 0.394. The summed E-state index contributed by atoms with van der Waals surface area (Å²) in [4.78, 5) is 12.4. The van der Waals surface area contributed by atoms with Crippen LogP contribution < -0.4 is 14.2 Å². The highest BCUT2D eigenvalue weighted by molar-refractivity contribution is 6.05. The van der Waals surface area contributed by atoms with E-state index in [0.29, 0.717) is 29.4 Å². The monoisotopic (exact) mass is 428 g/mol. The molecule has 0 unspecified atom stereocenters. The van der Waals surface area contributed by atoms with Crippen LogP contribution in [-0.2, 0) is 16.1 Å². The van der Waals surface area contributed by atoms with Gasteiger partial charge in [-0.25, -0.2) is 4.79 Å². The van der Waals surface area contributed by atoms with Gasteiger partial charge in [-0.05, 0) is 66.6 Å². The van der Waals surface area contributed by atoms with E-state index < -0.39 is 5.97 Å². The van der Waals surface area contributed by atoms with Gasteiger partial charge in [-0.1, -0.05) is 35.9 Å². The van der Waals surface area contributed by atoms with Crippen molar-refractivity contribution in [2.24, 2.45) is 0 Å². The van der Waals surface area contributed by atoms with Crippen LogP contribution in [0.5, 0.6) is 17.2 Å². The lowest BCUT2D eigenvalue weighted by Gasteiger charge is -2.12. The van der Waals surface area contributed by atoms with Crippen molar-refractivity contribution in [3.8, 4) is 17.2 Å². The highest BCUT2D eigenvalue weighted by Crippen LogP contribution is 2.32. The van der Waals surface area contributed by atoms with E-state index in [2.05, 4.69) is 19.1 Å². The molecule has 3 aromatic carbocycles. The number of carbonyl (C=O) groups excluding carboxylic acids is 1. The number of carbonyl (C=O) groups is 1. The quantitative estimate of drug-likeness (QED) is 0.364. The van der Waals surface area contributed by atoms with Crippen molar-refractivity contribution in [1.29, 1.82) is 0 Å². The predicted octanol–water partition coefficient (Wildman–Crippen LogP) is 5.57. The average Bonchev–Trinajstić information content (AvgIpc) is 3.18. The first-order chi connectivity index (χ1) is 15.6. The number of ether oxygens (including phenoxy) is 4. The van der Waals surface area contributed by atoms with E-state index in [1.165, 1.54) is 5.56 Å². The second-order valence-corrected chi connectivity index (χ2v) is 7.41. The van der Waals surface area contributed by atoms with E-state index in [9.17, 15) is 4.79 Å². The van der Waals surface area contributed by atoms with Crippen LogP contribution in [0.25, 0.3) is 11.8 Å². The molecule has 0 saturated heterocycles. The standard InChI is InChI=1S/C27H24O5/c1-18-5-4-6-20(13-18)17-31-24-12-7-19(15-26(24)30-3)14-22-16-25(32-27(22)28)21-8-10-23(29-2)11-9-21/h4-16H,17H2,1-3H3/b22-14+. The maximum absolute atomic E-state index is 12.4. The van der Waals surface area contributed by atoms with Crippen LogP contribution in [-0.4, -0.2) is 20.2 Å². The van der Waals surface area contributed by atoms with Crippen molar-refractivity contribution < 1.29 is 23.7 Å². The molecule has 4 rings (SSSR count). The van der Waals surface area contributed by atoms with Gasteiger partial charge in [-0.15, -0.1) is 0 Å². The smallest absolute Gasteiger partial charge is 0.343 e. The van der Waals surface area contributed by atoms with E-state index >= 15 is 0 Å². The summed E-state index contributed by atoms with van der Waals surface area (Å²) in [6.45, 7) is 2.49. The maximum Gasteiger partial charge on any atom is 0.343 e. The first kappa shape index (κ1) is 21.2. The summed E-state index contributed by atoms with van der Waals surface area (Å²) in [5.74, 6) is 2.09. The summed E-state index contributed by atoms with van der Waals surface area (Å²) in [6, 6.07) is 21.1. The van der Waals surface area contributed by atoms with E-state index in [1.807, 2.05) is 54.6 Å². The van der Waals surface area contributed by atoms with Gasteiger partial charge < -0.3 is 18.9 Å². The Balaban J connectivity index is 1.52. The zero-order valence-electron chi connectivity index (χ0n) is 18.3. The summed E-state index contributed by atoms with van der Waals surface area (Å²) in [7, 11) is 3.20. The molecule has 0 N–H and O–H groups in total. The molecule has 0 atom stereocenters. The molecule has 0 radical (unpaired) electrons. The summed E-state index contributed by atoms with van der Waals surface area (Å²) in [5.41, 5.74) is 4.35. The number of benzene rings is 3. The zero-order valence-corrected chi connectivity index (χ0v) is 18.3. The van der Waals surface area contributed by atoms with E-state index in [-0.39, 0.29) is 0 Å². The third kappa shape index (κ3) is 4.83. The van der Waals surface area contributed by atoms with Gasteiger partial charge >= 0.3 is 5.97 Å². The lowest BCUT2D eigenvalue weighted by Crippen LogP contribution is -1.99. The Morgan fingerprint density at radius 2 is 1.72 bits per heavy atom. The van der Waals surface area contributed by atoms with E-state index in [4.69, 9.17) is 18.9 Å². The summed E-state index contributed by atoms with van der Waals surface area (Å²) >= 11 is 0. The lowest BCUT2D eigenvalue weighted by molar-refractivity contribution is -0.130. The van der Waals surface area contributed by atoms with Crippen molar-refractivity contribution in [2.45, 2.75) is 13.5 Å². The Morgan fingerprint density at radius 3 is 2.44 bits per heavy atom. The molecule has 162 valence electrons. The molecule has 0 saturated carbocycles. The van der Waals surface area contributed by atoms with Gasteiger partial charge in [0, 0.05) is 5.56 Å². The largest absolute Gasteiger partial charge is 0.497 e. The zero-order chi connectivity index (χ0) is 22.5. The highest BCUT2D eigenvalue weighted by atomic mass is 16.5. The van der Waals surface area contributed by atoms with Gasteiger partial charge in [-0.3, -0.25) is 0 Å². The number of esters is 1. The van der Waals surface area contributed by atoms with Crippen molar-refractivity contribution in [3.63, 3.8) is 0 Å². The number of methoxy groups -OCH3 is 2. The van der Waals surface area contributed by atoms with Gasteiger partial charge in [-0.2, -0.15) is 0 Å². The van der Waals surface area contributed by atoms with Crippen LogP contribution in [0.1, 0.15) is 22.3 Å². The third-order valence-corrected chi connectivity index (χ3v) is 5.09. The van der Waals surface area contributed by atoms with Crippen molar-refractivity contribution >= 4 is 17.8 Å². The Labute approximate surface area is 187 Å². The second kappa shape index (κ2) is 9.43. The topological polar surface area (TPSA) is 54.0 Å². The second-order valence-electron chi connectivity index (χ2n) is 7.41. The molecule has 1 heterocycles. The first-order valence-electron chi connectivity index (χ1n) is 10.2. The van der Waals surface area contributed by atoms with Crippen LogP contribution in [0.15, 0.2) is 78.4 Å². The molecule has 1 aliphatic rings. The van der Waals surface area contributed by atoms with Crippen molar-refractivity contribution in [1.82, 2.24) is 0 Å². The lowest BCUT2D eigenvalue weighted by atomic mass is 10.1. The molecule has 0 spiro atoms. The number of cyclic esters (lactones) is 1. The van der Waals surface area contributed by atoms with Gasteiger partial charge in [0.1, 0.15) is 18.1 Å². The molecule has 3 aromatic rings. The van der Waals surface area contributed by atoms with Gasteiger partial charge in [0.05, 0.1) is 19.8 Å². The molecule has 0 aromatic heterocycles. The number of aryl methyl sites for hydroxylation is 1. The molecular formula is C27H24O5. The fraction of sp³-hybridized carbons (Fsp3) is 0.148. The Bertz CT molecular complexity index is 1190. The normalized spacial score (nSPS) is 14.2. The average molecular weight is 428 g/mol. The fourth-order valence-corrected chi connectivity index (χ4v) is 3.42. The minimum Gasteiger partial charge on any atom is -0.497 e. The van der Waals surface area contributed by atoms with Crippen molar-refractivity contribution in [2.75, 3.05) is 14.2 Å². The molecule has 5 nitrogen and oxygen atoms in total. The molecular weight excluding hydrogens is 404 g/mol. The highest BCUT2D eigenvalue weighted by Gasteiger charge is 2.22. The molecule has 0 fully saturated rings. The number of hydrogen-bond donors (Lipinski definition) is 0. The predicted molar refractivity (Wildman–Crippen MR) is 124 cm³/mol. The van der Waals surface area contributed by atoms with Crippen LogP contribution in [0.3, 0.4) is 0 Å². The molecule has 0 bridgehead atoms. The Morgan fingerprint density at radius 1 is 0.906 bits per heavy atom. The van der Waals surface area contributed by atoms with E-state index in [0.717, 1.165) is 22.4 Å². The number of rotatable bonds is 7. The summed E-state index contributed by atoms with van der Waals surface area (Å²) in [6.07, 6.45) is 3.50. The molecule has 32 heavy (non-hydrogen) atoms. The third-order valence-electron chi connectivity index (χ3n) is 5.09. The summed E-state index contributed by atoms with van der Waals surface area (Å²) in [5, 5.41) is 0. The van der Waals surface area contributed by atoms with Crippen LogP contribution in [0, 0.1) is 6.92 Å². The van der Waals surface area contributed by atoms with E-state index in [1.54, 1.807) is 26.4 Å². The fourth-order valence-electron chi connectivity index (χ4n) is 3.42. The van der Waals surface area contributed by atoms with Crippen LogP contribution in [0.4, 0.5) is 0 Å². The number of hydrogen-bond acceptors (Lipinski definition) is 5. The SMILES string of the molecule is COc1ccc(C2=C/C(=C\c3ccc(OCc4cccc(C)c4)c(OC)c3)C(=O)O2)cc1. The van der Waals surface area contributed by atoms with Gasteiger partial charge in [0.15, 0.2) is 11.5 Å². The maximum atomic E-state index is 12.4. The van der Waals surface area contributed by atoms with Gasteiger partial charge in [0.2, 0.25) is 0 Å². The van der Waals surface area contributed by atoms with Gasteiger partial charge in [0.25, 0.3) is 0 Å². The van der Waals surface area contributed by atoms with Crippen molar-refractivity contribution in [3.05, 3.63) is 101 Å².